The van der Waals surface area contributed by atoms with Crippen LogP contribution in [-0.4, -0.2) is 31.0 Å². The Hall–Kier alpha value is -3.66. The van der Waals surface area contributed by atoms with Crippen LogP contribution in [0.3, 0.4) is 0 Å². The highest BCUT2D eigenvalue weighted by molar-refractivity contribution is 7.14. The molecule has 0 aliphatic rings. The summed E-state index contributed by atoms with van der Waals surface area (Å²) in [6.07, 6.45) is 3.23. The summed E-state index contributed by atoms with van der Waals surface area (Å²) in [6, 6.07) is 11.2. The van der Waals surface area contributed by atoms with E-state index in [-0.39, 0.29) is 18.1 Å². The molecular formula is C17H13N7O2S. The highest BCUT2D eigenvalue weighted by Crippen LogP contribution is 2.18. The third-order valence-electron chi connectivity index (χ3n) is 3.42. The Balaban J connectivity index is 1.35. The maximum Gasteiger partial charge on any atom is 0.271 e. The highest BCUT2D eigenvalue weighted by atomic mass is 32.1. The monoisotopic (exact) mass is 379 g/mol. The summed E-state index contributed by atoms with van der Waals surface area (Å²) >= 11 is 1.28. The molecule has 3 heterocycles. The second-order valence-corrected chi connectivity index (χ2v) is 6.15. The molecule has 134 valence electrons. The van der Waals surface area contributed by atoms with E-state index in [1.165, 1.54) is 11.3 Å². The summed E-state index contributed by atoms with van der Waals surface area (Å²) in [5.74, 6) is 0.863. The second kappa shape index (κ2) is 7.70. The quantitative estimate of drug-likeness (QED) is 0.525. The predicted molar refractivity (Wildman–Crippen MR) is 98.3 cm³/mol. The Morgan fingerprint density at radius 2 is 1.89 bits per heavy atom. The number of benzene rings is 1. The summed E-state index contributed by atoms with van der Waals surface area (Å²) in [7, 11) is 0. The minimum absolute atomic E-state index is 0.112. The van der Waals surface area contributed by atoms with Gasteiger partial charge in [-0.3, -0.25) is 4.79 Å². The van der Waals surface area contributed by atoms with Crippen molar-refractivity contribution < 1.29 is 9.32 Å². The number of thiazole rings is 1. The van der Waals surface area contributed by atoms with E-state index in [9.17, 15) is 4.79 Å². The van der Waals surface area contributed by atoms with Gasteiger partial charge < -0.3 is 15.2 Å². The van der Waals surface area contributed by atoms with E-state index in [4.69, 9.17) is 4.52 Å². The molecule has 0 saturated heterocycles. The lowest BCUT2D eigenvalue weighted by Crippen LogP contribution is -2.23. The van der Waals surface area contributed by atoms with E-state index in [1.807, 2.05) is 30.3 Å². The molecule has 3 aromatic heterocycles. The highest BCUT2D eigenvalue weighted by Gasteiger charge is 2.14. The number of aromatic nitrogens is 5. The lowest BCUT2D eigenvalue weighted by Gasteiger charge is -1.99. The molecule has 0 atom stereocenters. The summed E-state index contributed by atoms with van der Waals surface area (Å²) < 4.78 is 5.17. The molecular weight excluding hydrogens is 366 g/mol. The fourth-order valence-electron chi connectivity index (χ4n) is 2.17. The van der Waals surface area contributed by atoms with Crippen LogP contribution in [0.15, 0.2) is 58.7 Å². The molecule has 0 aliphatic heterocycles. The number of carbonyl (C=O) groups excluding carboxylic acids is 1. The topological polar surface area (TPSA) is 119 Å². The van der Waals surface area contributed by atoms with Gasteiger partial charge in [0.1, 0.15) is 5.69 Å². The van der Waals surface area contributed by atoms with Crippen molar-refractivity contribution in [1.29, 1.82) is 0 Å². The lowest BCUT2D eigenvalue weighted by molar-refractivity contribution is 0.0942. The molecule has 0 fully saturated rings. The normalized spacial score (nSPS) is 10.5. The third kappa shape index (κ3) is 4.12. The first-order valence-corrected chi connectivity index (χ1v) is 8.82. The van der Waals surface area contributed by atoms with Gasteiger partial charge in [-0.2, -0.15) is 4.98 Å². The van der Waals surface area contributed by atoms with Crippen molar-refractivity contribution in [3.63, 3.8) is 0 Å². The van der Waals surface area contributed by atoms with E-state index in [0.29, 0.717) is 22.8 Å². The van der Waals surface area contributed by atoms with E-state index in [1.54, 1.807) is 23.8 Å². The molecule has 0 spiro atoms. The number of rotatable bonds is 6. The first-order valence-electron chi connectivity index (χ1n) is 7.94. The zero-order valence-corrected chi connectivity index (χ0v) is 14.7. The van der Waals surface area contributed by atoms with Gasteiger partial charge >= 0.3 is 0 Å². The summed E-state index contributed by atoms with van der Waals surface area (Å²) in [5, 5.41) is 11.7. The van der Waals surface area contributed by atoms with Crippen molar-refractivity contribution in [3.8, 4) is 11.4 Å². The summed E-state index contributed by atoms with van der Waals surface area (Å²) in [4.78, 5) is 28.8. The van der Waals surface area contributed by atoms with Crippen LogP contribution >= 0.6 is 11.3 Å². The fraction of sp³-hybridized carbons (Fsp3) is 0.0588. The maximum atomic E-state index is 12.2. The van der Waals surface area contributed by atoms with Crippen molar-refractivity contribution in [2.24, 2.45) is 0 Å². The zero-order chi connectivity index (χ0) is 18.5. The predicted octanol–water partition coefficient (Wildman–Crippen LogP) is 2.66. The van der Waals surface area contributed by atoms with Gasteiger partial charge in [-0.15, -0.1) is 11.3 Å². The van der Waals surface area contributed by atoms with Crippen molar-refractivity contribution in [1.82, 2.24) is 30.4 Å². The smallest absolute Gasteiger partial charge is 0.271 e. The van der Waals surface area contributed by atoms with Crippen LogP contribution in [0.25, 0.3) is 11.4 Å². The molecule has 1 aromatic carbocycles. The Morgan fingerprint density at radius 3 is 2.70 bits per heavy atom. The van der Waals surface area contributed by atoms with Gasteiger partial charge in [-0.05, 0) is 6.07 Å². The van der Waals surface area contributed by atoms with E-state index in [2.05, 4.69) is 35.7 Å². The van der Waals surface area contributed by atoms with Crippen LogP contribution in [-0.2, 0) is 6.54 Å². The number of carbonyl (C=O) groups is 1. The summed E-state index contributed by atoms with van der Waals surface area (Å²) in [6.45, 7) is 0.112. The number of nitrogens with zero attached hydrogens (tertiary/aromatic N) is 5. The third-order valence-corrected chi connectivity index (χ3v) is 4.18. The maximum absolute atomic E-state index is 12.2. The molecule has 10 heteroatoms. The largest absolute Gasteiger partial charge is 0.342 e. The minimum Gasteiger partial charge on any atom is -0.342 e. The van der Waals surface area contributed by atoms with Crippen molar-refractivity contribution >= 4 is 28.3 Å². The van der Waals surface area contributed by atoms with Gasteiger partial charge in [-0.25, -0.2) is 15.0 Å². The van der Waals surface area contributed by atoms with E-state index < -0.39 is 0 Å². The first-order chi connectivity index (χ1) is 13.3. The molecule has 2 N–H and O–H groups in total. The van der Waals surface area contributed by atoms with Gasteiger partial charge in [-0.1, -0.05) is 35.5 Å². The number of anilines is 2. The van der Waals surface area contributed by atoms with Gasteiger partial charge in [0.2, 0.25) is 17.7 Å². The van der Waals surface area contributed by atoms with Crippen LogP contribution in [0.5, 0.6) is 0 Å². The van der Waals surface area contributed by atoms with Crippen LogP contribution in [0.1, 0.15) is 16.4 Å². The van der Waals surface area contributed by atoms with Crippen molar-refractivity contribution in [3.05, 3.63) is 65.8 Å². The first kappa shape index (κ1) is 16.8. The Morgan fingerprint density at radius 1 is 1.07 bits per heavy atom. The molecule has 4 rings (SSSR count). The molecule has 9 nitrogen and oxygen atoms in total. The van der Waals surface area contributed by atoms with Crippen molar-refractivity contribution in [2.75, 3.05) is 5.32 Å². The Labute approximate surface area is 157 Å². The van der Waals surface area contributed by atoms with Crippen LogP contribution < -0.4 is 10.6 Å². The number of hydrogen-bond acceptors (Lipinski definition) is 9. The van der Waals surface area contributed by atoms with Gasteiger partial charge in [0.15, 0.2) is 5.13 Å². The Bertz CT molecular complexity index is 1030. The average molecular weight is 379 g/mol. The van der Waals surface area contributed by atoms with Gasteiger partial charge in [0.25, 0.3) is 5.91 Å². The zero-order valence-electron chi connectivity index (χ0n) is 13.9. The molecule has 27 heavy (non-hydrogen) atoms. The van der Waals surface area contributed by atoms with Gasteiger partial charge in [0.05, 0.1) is 6.54 Å². The molecule has 0 bridgehead atoms. The SMILES string of the molecule is O=C(NCc1nc(-c2ccccc2)no1)c1csc(Nc2ncccn2)n1. The van der Waals surface area contributed by atoms with E-state index in [0.717, 1.165) is 5.56 Å². The number of nitrogens with one attached hydrogen (secondary N) is 2. The molecule has 0 saturated carbocycles. The molecule has 0 unspecified atom stereocenters. The molecule has 0 aliphatic carbocycles. The fourth-order valence-corrected chi connectivity index (χ4v) is 2.86. The molecule has 4 aromatic rings. The Kier molecular flexibility index (Phi) is 4.79. The van der Waals surface area contributed by atoms with Gasteiger partial charge in [0, 0.05) is 23.3 Å². The van der Waals surface area contributed by atoms with Crippen LogP contribution in [0.4, 0.5) is 11.1 Å². The van der Waals surface area contributed by atoms with E-state index >= 15 is 0 Å². The standard InChI is InChI=1S/C17H13N7O2S/c25-15(12-10-27-17(21-12)23-16-18-7-4-8-19-16)20-9-13-22-14(24-26-13)11-5-2-1-3-6-11/h1-8,10H,9H2,(H,20,25)(H,18,19,21,23). The average Bonchev–Trinajstić information content (AvgIpc) is 3.37. The second-order valence-electron chi connectivity index (χ2n) is 5.30. The minimum atomic E-state index is -0.340. The molecule has 1 amide bonds. The van der Waals surface area contributed by atoms with Crippen molar-refractivity contribution in [2.45, 2.75) is 6.54 Å². The number of hydrogen-bond donors (Lipinski definition) is 2. The van der Waals surface area contributed by atoms with Crippen LogP contribution in [0.2, 0.25) is 0 Å². The lowest BCUT2D eigenvalue weighted by atomic mass is 10.2. The van der Waals surface area contributed by atoms with Crippen LogP contribution in [0, 0.1) is 0 Å². The number of amides is 1. The summed E-state index contributed by atoms with van der Waals surface area (Å²) in [5.41, 5.74) is 1.12. The molecule has 0 radical (unpaired) electrons.